The van der Waals surface area contributed by atoms with Crippen LogP contribution in [0.2, 0.25) is 4.34 Å². The van der Waals surface area contributed by atoms with Crippen LogP contribution in [0.25, 0.3) is 0 Å². The predicted molar refractivity (Wildman–Crippen MR) is 78.5 cm³/mol. The number of nitrogens with one attached hydrogen (secondary N) is 1. The van der Waals surface area contributed by atoms with E-state index in [1.807, 2.05) is 6.07 Å². The molecule has 0 radical (unpaired) electrons. The first-order valence-corrected chi connectivity index (χ1v) is 8.17. The molecule has 3 unspecified atom stereocenters. The average Bonchev–Trinajstić information content (AvgIpc) is 2.96. The lowest BCUT2D eigenvalue weighted by Crippen LogP contribution is -2.46. The Morgan fingerprint density at radius 3 is 3.06 bits per heavy atom. The summed E-state index contributed by atoms with van der Waals surface area (Å²) in [5.74, 6) is 0. The van der Waals surface area contributed by atoms with Crippen LogP contribution in [0.5, 0.6) is 0 Å². The summed E-state index contributed by atoms with van der Waals surface area (Å²) in [5, 5.41) is 3.79. The lowest BCUT2D eigenvalue weighted by atomic mass is 9.97. The average molecular weight is 285 g/mol. The Morgan fingerprint density at radius 1 is 1.39 bits per heavy atom. The highest BCUT2D eigenvalue weighted by Crippen LogP contribution is 2.30. The molecule has 4 heteroatoms. The first-order valence-electron chi connectivity index (χ1n) is 6.97. The quantitative estimate of drug-likeness (QED) is 0.911. The lowest BCUT2D eigenvalue weighted by molar-refractivity contribution is 0.162. The van der Waals surface area contributed by atoms with Crippen molar-refractivity contribution in [1.82, 2.24) is 10.2 Å². The molecule has 0 aliphatic carbocycles. The van der Waals surface area contributed by atoms with Crippen molar-refractivity contribution in [3.05, 3.63) is 21.3 Å². The van der Waals surface area contributed by atoms with Crippen LogP contribution in [0.4, 0.5) is 0 Å². The van der Waals surface area contributed by atoms with Crippen molar-refractivity contribution in [3.8, 4) is 0 Å². The maximum absolute atomic E-state index is 6.00. The molecule has 2 aliphatic heterocycles. The van der Waals surface area contributed by atoms with Gasteiger partial charge in [-0.05, 0) is 57.8 Å². The third-order valence-corrected chi connectivity index (χ3v) is 5.74. The first kappa shape index (κ1) is 12.9. The van der Waals surface area contributed by atoms with E-state index >= 15 is 0 Å². The topological polar surface area (TPSA) is 15.3 Å². The zero-order valence-electron chi connectivity index (χ0n) is 10.9. The Balaban J connectivity index is 1.56. The second kappa shape index (κ2) is 5.49. The molecular weight excluding hydrogens is 264 g/mol. The van der Waals surface area contributed by atoms with Crippen molar-refractivity contribution in [2.75, 3.05) is 13.1 Å². The van der Waals surface area contributed by atoms with Crippen molar-refractivity contribution < 1.29 is 0 Å². The molecule has 2 fully saturated rings. The van der Waals surface area contributed by atoms with Crippen LogP contribution < -0.4 is 5.32 Å². The van der Waals surface area contributed by atoms with E-state index < -0.39 is 0 Å². The van der Waals surface area contributed by atoms with Gasteiger partial charge in [-0.2, -0.15) is 0 Å². The minimum Gasteiger partial charge on any atom is -0.307 e. The fraction of sp³-hybridized carbons (Fsp3) is 0.714. The van der Waals surface area contributed by atoms with Crippen molar-refractivity contribution in [1.29, 1.82) is 0 Å². The minimum absolute atomic E-state index is 0.431. The van der Waals surface area contributed by atoms with E-state index in [9.17, 15) is 0 Å². The number of piperidine rings is 1. The lowest BCUT2D eigenvalue weighted by Gasteiger charge is -2.36. The zero-order chi connectivity index (χ0) is 12.5. The molecule has 1 N–H and O–H groups in total. The number of hydrogen-bond donors (Lipinski definition) is 1. The summed E-state index contributed by atoms with van der Waals surface area (Å²) in [6.45, 7) is 4.86. The van der Waals surface area contributed by atoms with Crippen LogP contribution in [0.1, 0.15) is 43.5 Å². The van der Waals surface area contributed by atoms with E-state index in [4.69, 9.17) is 11.6 Å². The molecule has 0 aromatic carbocycles. The van der Waals surface area contributed by atoms with Gasteiger partial charge in [0.25, 0.3) is 0 Å². The van der Waals surface area contributed by atoms with E-state index in [0.29, 0.717) is 12.1 Å². The number of rotatable bonds is 3. The van der Waals surface area contributed by atoms with Gasteiger partial charge in [0.1, 0.15) is 0 Å². The SMILES string of the molecule is CC(NC1CCN2CCCC2C1)c1ccc(Cl)s1. The molecule has 1 aromatic heterocycles. The van der Waals surface area contributed by atoms with Crippen molar-refractivity contribution in [2.24, 2.45) is 0 Å². The van der Waals surface area contributed by atoms with Crippen molar-refractivity contribution >= 4 is 22.9 Å². The summed E-state index contributed by atoms with van der Waals surface area (Å²) >= 11 is 7.70. The third kappa shape index (κ3) is 2.74. The molecule has 2 saturated heterocycles. The number of thiophene rings is 1. The molecule has 2 nitrogen and oxygen atoms in total. The van der Waals surface area contributed by atoms with Gasteiger partial charge in [0.15, 0.2) is 0 Å². The van der Waals surface area contributed by atoms with Crippen LogP contribution in [0.3, 0.4) is 0 Å². The van der Waals surface area contributed by atoms with Crippen LogP contribution in [0, 0.1) is 0 Å². The maximum atomic E-state index is 6.00. The Hall–Kier alpha value is -0.0900. The van der Waals surface area contributed by atoms with E-state index in [0.717, 1.165) is 10.4 Å². The molecule has 0 bridgehead atoms. The zero-order valence-corrected chi connectivity index (χ0v) is 12.4. The molecule has 100 valence electrons. The second-order valence-electron chi connectivity index (χ2n) is 5.58. The molecule has 0 amide bonds. The molecule has 2 aliphatic rings. The van der Waals surface area contributed by atoms with E-state index in [1.165, 1.54) is 43.6 Å². The van der Waals surface area contributed by atoms with Gasteiger partial charge in [-0.15, -0.1) is 11.3 Å². The van der Waals surface area contributed by atoms with Gasteiger partial charge < -0.3 is 10.2 Å². The Labute approximate surface area is 118 Å². The smallest absolute Gasteiger partial charge is 0.0931 e. The monoisotopic (exact) mass is 284 g/mol. The van der Waals surface area contributed by atoms with E-state index in [1.54, 1.807) is 11.3 Å². The Kier molecular flexibility index (Phi) is 3.94. The molecular formula is C14H21ClN2S. The number of fused-ring (bicyclic) bond motifs is 1. The van der Waals surface area contributed by atoms with Crippen molar-refractivity contribution in [2.45, 2.75) is 50.7 Å². The molecule has 3 rings (SSSR count). The van der Waals surface area contributed by atoms with Crippen LogP contribution in [-0.4, -0.2) is 30.1 Å². The Bertz CT molecular complexity index is 406. The highest BCUT2D eigenvalue weighted by atomic mass is 35.5. The van der Waals surface area contributed by atoms with Gasteiger partial charge >= 0.3 is 0 Å². The summed E-state index contributed by atoms with van der Waals surface area (Å²) < 4.78 is 0.893. The van der Waals surface area contributed by atoms with Gasteiger partial charge in [-0.3, -0.25) is 0 Å². The molecule has 3 atom stereocenters. The van der Waals surface area contributed by atoms with Gasteiger partial charge in [0.05, 0.1) is 4.34 Å². The highest BCUT2D eigenvalue weighted by molar-refractivity contribution is 7.16. The predicted octanol–water partition coefficient (Wildman–Crippen LogP) is 3.68. The first-order chi connectivity index (χ1) is 8.72. The van der Waals surface area contributed by atoms with Gasteiger partial charge in [-0.1, -0.05) is 11.6 Å². The largest absolute Gasteiger partial charge is 0.307 e. The fourth-order valence-corrected chi connectivity index (χ4v) is 4.44. The summed E-state index contributed by atoms with van der Waals surface area (Å²) in [6, 6.07) is 6.10. The van der Waals surface area contributed by atoms with Crippen LogP contribution in [-0.2, 0) is 0 Å². The van der Waals surface area contributed by atoms with Gasteiger partial charge in [0.2, 0.25) is 0 Å². The van der Waals surface area contributed by atoms with Gasteiger partial charge in [0, 0.05) is 23.0 Å². The molecule has 0 saturated carbocycles. The normalized spacial score (nSPS) is 30.3. The molecule has 0 spiro atoms. The number of halogens is 1. The number of nitrogens with zero attached hydrogens (tertiary/aromatic N) is 1. The van der Waals surface area contributed by atoms with E-state index in [2.05, 4.69) is 23.2 Å². The molecule has 3 heterocycles. The van der Waals surface area contributed by atoms with E-state index in [-0.39, 0.29) is 0 Å². The summed E-state index contributed by atoms with van der Waals surface area (Å²) in [7, 11) is 0. The number of hydrogen-bond acceptors (Lipinski definition) is 3. The minimum atomic E-state index is 0.431. The van der Waals surface area contributed by atoms with Crippen LogP contribution in [0.15, 0.2) is 12.1 Å². The summed E-state index contributed by atoms with van der Waals surface area (Å²) in [6.07, 6.45) is 5.41. The third-order valence-electron chi connectivity index (χ3n) is 4.33. The fourth-order valence-electron chi connectivity index (χ4n) is 3.37. The standard InChI is InChI=1S/C14H21ClN2S/c1-10(13-4-5-14(15)18-13)16-11-6-8-17-7-2-3-12(17)9-11/h4-5,10-12,16H,2-3,6-9H2,1H3. The van der Waals surface area contributed by atoms with Gasteiger partial charge in [-0.25, -0.2) is 0 Å². The maximum Gasteiger partial charge on any atom is 0.0931 e. The molecule has 18 heavy (non-hydrogen) atoms. The van der Waals surface area contributed by atoms with Crippen molar-refractivity contribution in [3.63, 3.8) is 0 Å². The van der Waals surface area contributed by atoms with Crippen LogP contribution >= 0.6 is 22.9 Å². The molecule has 1 aromatic rings. The summed E-state index contributed by atoms with van der Waals surface area (Å²) in [4.78, 5) is 4.03. The summed E-state index contributed by atoms with van der Waals surface area (Å²) in [5.41, 5.74) is 0. The Morgan fingerprint density at radius 2 is 2.28 bits per heavy atom. The highest BCUT2D eigenvalue weighted by Gasteiger charge is 2.32. The second-order valence-corrected chi connectivity index (χ2v) is 7.33.